The van der Waals surface area contributed by atoms with Gasteiger partial charge >= 0.3 is 0 Å². The largest absolute Gasteiger partial charge is 0.381 e. The third kappa shape index (κ3) is 5.06. The summed E-state index contributed by atoms with van der Waals surface area (Å²) >= 11 is 0. The van der Waals surface area contributed by atoms with Gasteiger partial charge in [-0.1, -0.05) is 25.0 Å². The molecule has 0 aliphatic heterocycles. The Morgan fingerprint density at radius 1 is 1.04 bits per heavy atom. The molecule has 5 heteroatoms. The number of nitrogens with one attached hydrogen (secondary N) is 2. The summed E-state index contributed by atoms with van der Waals surface area (Å²) in [6.45, 7) is 4.43. The molecule has 2 N–H and O–H groups in total. The van der Waals surface area contributed by atoms with Gasteiger partial charge in [-0.05, 0) is 61.4 Å². The summed E-state index contributed by atoms with van der Waals surface area (Å²) in [4.78, 5) is 12.3. The SMILES string of the molecule is Cc1cc(CNc2ccc(F)c(F)c2)cc(C)c1NC(=O)CC1CCCC1. The lowest BCUT2D eigenvalue weighted by molar-refractivity contribution is -0.117. The first-order valence-electron chi connectivity index (χ1n) is 9.51. The van der Waals surface area contributed by atoms with Crippen molar-refractivity contribution >= 4 is 17.3 Å². The Morgan fingerprint density at radius 3 is 2.33 bits per heavy atom. The molecule has 0 unspecified atom stereocenters. The number of carbonyl (C=O) groups excluding carboxylic acids is 1. The molecule has 1 aliphatic rings. The summed E-state index contributed by atoms with van der Waals surface area (Å²) in [5.41, 5.74) is 4.41. The number of hydrogen-bond acceptors (Lipinski definition) is 2. The molecule has 0 atom stereocenters. The van der Waals surface area contributed by atoms with Gasteiger partial charge in [0.15, 0.2) is 11.6 Å². The molecule has 0 heterocycles. The van der Waals surface area contributed by atoms with E-state index in [2.05, 4.69) is 10.6 Å². The Balaban J connectivity index is 1.63. The number of benzene rings is 2. The van der Waals surface area contributed by atoms with Crippen molar-refractivity contribution in [1.82, 2.24) is 0 Å². The number of amides is 1. The van der Waals surface area contributed by atoms with Crippen molar-refractivity contribution in [3.63, 3.8) is 0 Å². The molecular weight excluding hydrogens is 346 g/mol. The Labute approximate surface area is 159 Å². The molecule has 2 aromatic carbocycles. The molecule has 0 aromatic heterocycles. The van der Waals surface area contributed by atoms with E-state index >= 15 is 0 Å². The highest BCUT2D eigenvalue weighted by Crippen LogP contribution is 2.29. The first-order chi connectivity index (χ1) is 12.9. The lowest BCUT2D eigenvalue weighted by atomic mass is 10.0. The van der Waals surface area contributed by atoms with E-state index in [0.717, 1.165) is 47.4 Å². The van der Waals surface area contributed by atoms with E-state index in [1.807, 2.05) is 26.0 Å². The maximum absolute atomic E-state index is 13.3. The van der Waals surface area contributed by atoms with Crippen LogP contribution >= 0.6 is 0 Å². The molecule has 1 amide bonds. The van der Waals surface area contributed by atoms with Crippen LogP contribution in [-0.4, -0.2) is 5.91 Å². The average molecular weight is 372 g/mol. The Hall–Kier alpha value is -2.43. The van der Waals surface area contributed by atoms with Crippen LogP contribution in [0, 0.1) is 31.4 Å². The lowest BCUT2D eigenvalue weighted by Crippen LogP contribution is -2.17. The second-order valence-corrected chi connectivity index (χ2v) is 7.49. The Kier molecular flexibility index (Phi) is 6.09. The Bertz CT molecular complexity index is 806. The van der Waals surface area contributed by atoms with Crippen molar-refractivity contribution < 1.29 is 13.6 Å². The number of aryl methyl sites for hydroxylation is 2. The normalized spacial score (nSPS) is 14.4. The number of rotatable bonds is 6. The fraction of sp³-hybridized carbons (Fsp3) is 0.409. The second kappa shape index (κ2) is 8.51. The number of halogens is 2. The van der Waals surface area contributed by atoms with Crippen LogP contribution in [0.4, 0.5) is 20.2 Å². The zero-order chi connectivity index (χ0) is 19.4. The van der Waals surface area contributed by atoms with Crippen LogP contribution < -0.4 is 10.6 Å². The summed E-state index contributed by atoms with van der Waals surface area (Å²) in [7, 11) is 0. The smallest absolute Gasteiger partial charge is 0.224 e. The minimum absolute atomic E-state index is 0.0840. The fourth-order valence-corrected chi connectivity index (χ4v) is 3.83. The van der Waals surface area contributed by atoms with Crippen LogP contribution in [0.5, 0.6) is 0 Å². The number of hydrogen-bond donors (Lipinski definition) is 2. The van der Waals surface area contributed by atoms with E-state index in [-0.39, 0.29) is 5.91 Å². The summed E-state index contributed by atoms with van der Waals surface area (Å²) < 4.78 is 26.3. The maximum Gasteiger partial charge on any atom is 0.224 e. The summed E-state index contributed by atoms with van der Waals surface area (Å²) in [6.07, 6.45) is 5.36. The van der Waals surface area contributed by atoms with Crippen LogP contribution in [0.3, 0.4) is 0 Å². The van der Waals surface area contributed by atoms with Crippen molar-refractivity contribution in [2.24, 2.45) is 5.92 Å². The van der Waals surface area contributed by atoms with Gasteiger partial charge in [-0.15, -0.1) is 0 Å². The maximum atomic E-state index is 13.3. The zero-order valence-electron chi connectivity index (χ0n) is 15.9. The summed E-state index contributed by atoms with van der Waals surface area (Å²) in [5.74, 6) is -1.12. The monoisotopic (exact) mass is 372 g/mol. The van der Waals surface area contributed by atoms with Crippen LogP contribution in [0.15, 0.2) is 30.3 Å². The van der Waals surface area contributed by atoms with Crippen LogP contribution in [0.25, 0.3) is 0 Å². The minimum Gasteiger partial charge on any atom is -0.381 e. The summed E-state index contributed by atoms with van der Waals surface area (Å²) in [5, 5.41) is 6.17. The van der Waals surface area contributed by atoms with Crippen LogP contribution in [0.1, 0.15) is 48.8 Å². The molecule has 3 rings (SSSR count). The van der Waals surface area contributed by atoms with Crippen molar-refractivity contribution in [3.05, 3.63) is 58.7 Å². The van der Waals surface area contributed by atoms with Crippen molar-refractivity contribution in [3.8, 4) is 0 Å². The van der Waals surface area contributed by atoms with Crippen molar-refractivity contribution in [2.75, 3.05) is 10.6 Å². The summed E-state index contributed by atoms with van der Waals surface area (Å²) in [6, 6.07) is 7.77. The molecule has 2 aromatic rings. The van der Waals surface area contributed by atoms with Gasteiger partial charge < -0.3 is 10.6 Å². The van der Waals surface area contributed by atoms with Crippen molar-refractivity contribution in [2.45, 2.75) is 52.5 Å². The molecule has 1 fully saturated rings. The van der Waals surface area contributed by atoms with Gasteiger partial charge in [0.1, 0.15) is 0 Å². The predicted molar refractivity (Wildman–Crippen MR) is 105 cm³/mol. The predicted octanol–water partition coefficient (Wildman–Crippen LogP) is 5.71. The third-order valence-corrected chi connectivity index (χ3v) is 5.22. The van der Waals surface area contributed by atoms with E-state index in [9.17, 15) is 13.6 Å². The second-order valence-electron chi connectivity index (χ2n) is 7.49. The topological polar surface area (TPSA) is 41.1 Å². The van der Waals surface area contributed by atoms with Gasteiger partial charge in [0.25, 0.3) is 0 Å². The Morgan fingerprint density at radius 2 is 1.70 bits per heavy atom. The number of carbonyl (C=O) groups is 1. The van der Waals surface area contributed by atoms with Gasteiger partial charge in [0.05, 0.1) is 0 Å². The molecule has 0 bridgehead atoms. The molecule has 3 nitrogen and oxygen atoms in total. The van der Waals surface area contributed by atoms with Crippen LogP contribution in [0.2, 0.25) is 0 Å². The lowest BCUT2D eigenvalue weighted by Gasteiger charge is -2.16. The highest BCUT2D eigenvalue weighted by atomic mass is 19.2. The quantitative estimate of drug-likeness (QED) is 0.682. The van der Waals surface area contributed by atoms with Crippen molar-refractivity contribution in [1.29, 1.82) is 0 Å². The third-order valence-electron chi connectivity index (χ3n) is 5.22. The molecule has 0 radical (unpaired) electrons. The van der Waals surface area contributed by atoms with E-state index in [4.69, 9.17) is 0 Å². The molecule has 144 valence electrons. The first kappa shape index (κ1) is 19.3. The molecule has 0 spiro atoms. The van der Waals surface area contributed by atoms with Gasteiger partial charge in [-0.2, -0.15) is 0 Å². The highest BCUT2D eigenvalue weighted by Gasteiger charge is 2.19. The van der Waals surface area contributed by atoms with Gasteiger partial charge in [-0.25, -0.2) is 8.78 Å². The first-order valence-corrected chi connectivity index (χ1v) is 9.51. The molecule has 1 saturated carbocycles. The van der Waals surface area contributed by atoms with Crippen LogP contribution in [-0.2, 0) is 11.3 Å². The molecular formula is C22H26F2N2O. The molecule has 1 aliphatic carbocycles. The van der Waals surface area contributed by atoms with E-state index in [0.29, 0.717) is 24.6 Å². The molecule has 0 saturated heterocycles. The van der Waals surface area contributed by atoms with E-state index in [1.165, 1.54) is 18.9 Å². The zero-order valence-corrected chi connectivity index (χ0v) is 15.9. The van der Waals surface area contributed by atoms with Gasteiger partial charge in [0.2, 0.25) is 5.91 Å². The van der Waals surface area contributed by atoms with E-state index in [1.54, 1.807) is 0 Å². The minimum atomic E-state index is -0.868. The highest BCUT2D eigenvalue weighted by molar-refractivity contribution is 5.92. The van der Waals surface area contributed by atoms with E-state index < -0.39 is 11.6 Å². The fourth-order valence-electron chi connectivity index (χ4n) is 3.83. The number of anilines is 2. The standard InChI is InChI=1S/C22H26F2N2O/c1-14-9-17(13-25-18-7-8-19(23)20(24)12-18)10-15(2)22(14)26-21(27)11-16-5-3-4-6-16/h7-10,12,16,25H,3-6,11,13H2,1-2H3,(H,26,27). The van der Waals surface area contributed by atoms with Gasteiger partial charge in [0, 0.05) is 30.4 Å². The molecule has 27 heavy (non-hydrogen) atoms. The van der Waals surface area contributed by atoms with Gasteiger partial charge in [-0.3, -0.25) is 4.79 Å². The average Bonchev–Trinajstić information content (AvgIpc) is 3.12.